The average molecular weight is 516 g/mol. The minimum atomic E-state index is -2.13. The SMILES string of the molecule is C=CC[C@H](/C(C)=C/[C@@H](CC(=O)N1C(=S)SC[C@@H]1C(C)C)O[Si](C)(C)C(C)(C)C)C(OC)OC. The lowest BCUT2D eigenvalue weighted by Gasteiger charge is -2.39. The van der Waals surface area contributed by atoms with Gasteiger partial charge in [0.15, 0.2) is 14.6 Å². The number of rotatable bonds is 12. The molecular formula is C25H45NO4S2Si. The lowest BCUT2D eigenvalue weighted by atomic mass is 9.94. The van der Waals surface area contributed by atoms with Crippen LogP contribution in [-0.2, 0) is 18.7 Å². The normalized spacial score (nSPS) is 20.0. The van der Waals surface area contributed by atoms with Crippen molar-refractivity contribution in [2.45, 2.75) is 91.0 Å². The molecule has 8 heteroatoms. The van der Waals surface area contributed by atoms with Crippen LogP contribution in [0.15, 0.2) is 24.3 Å². The maximum Gasteiger partial charge on any atom is 0.231 e. The van der Waals surface area contributed by atoms with Crippen LogP contribution in [-0.4, -0.2) is 61.9 Å². The zero-order chi connectivity index (χ0) is 25.6. The number of hydrogen-bond acceptors (Lipinski definition) is 6. The molecule has 0 aromatic heterocycles. The fourth-order valence-electron chi connectivity index (χ4n) is 3.71. The highest BCUT2D eigenvalue weighted by atomic mass is 32.2. The van der Waals surface area contributed by atoms with Gasteiger partial charge < -0.3 is 13.9 Å². The molecule has 5 nitrogen and oxygen atoms in total. The molecule has 0 radical (unpaired) electrons. The van der Waals surface area contributed by atoms with E-state index < -0.39 is 14.6 Å². The van der Waals surface area contributed by atoms with E-state index in [1.807, 2.05) is 11.0 Å². The number of methoxy groups -OCH3 is 2. The summed E-state index contributed by atoms with van der Waals surface area (Å²) in [6.45, 7) is 21.3. The lowest BCUT2D eigenvalue weighted by Crippen LogP contribution is -2.47. The van der Waals surface area contributed by atoms with Crippen molar-refractivity contribution in [3.05, 3.63) is 24.3 Å². The smallest absolute Gasteiger partial charge is 0.231 e. The second kappa shape index (κ2) is 13.0. The van der Waals surface area contributed by atoms with E-state index in [9.17, 15) is 4.79 Å². The van der Waals surface area contributed by atoms with E-state index in [0.29, 0.717) is 16.7 Å². The third-order valence-corrected chi connectivity index (χ3v) is 12.8. The third kappa shape index (κ3) is 8.28. The summed E-state index contributed by atoms with van der Waals surface area (Å²) in [7, 11) is 1.15. The molecular weight excluding hydrogens is 470 g/mol. The number of hydrogen-bond donors (Lipinski definition) is 0. The molecule has 1 rings (SSSR count). The fourth-order valence-corrected chi connectivity index (χ4v) is 6.63. The zero-order valence-corrected chi connectivity index (χ0v) is 24.9. The van der Waals surface area contributed by atoms with Crippen LogP contribution in [0, 0.1) is 11.8 Å². The van der Waals surface area contributed by atoms with Crippen LogP contribution in [0.4, 0.5) is 0 Å². The predicted octanol–water partition coefficient (Wildman–Crippen LogP) is 6.41. The summed E-state index contributed by atoms with van der Waals surface area (Å²) in [4.78, 5) is 15.3. The van der Waals surface area contributed by atoms with E-state index in [1.165, 1.54) is 0 Å². The van der Waals surface area contributed by atoms with Crippen molar-refractivity contribution in [1.82, 2.24) is 4.90 Å². The Kier molecular flexibility index (Phi) is 12.0. The largest absolute Gasteiger partial charge is 0.410 e. The second-order valence-corrected chi connectivity index (χ2v) is 17.1. The lowest BCUT2D eigenvalue weighted by molar-refractivity contribution is -0.130. The van der Waals surface area contributed by atoms with Crippen LogP contribution < -0.4 is 0 Å². The highest BCUT2D eigenvalue weighted by molar-refractivity contribution is 8.23. The van der Waals surface area contributed by atoms with Crippen molar-refractivity contribution in [3.8, 4) is 0 Å². The van der Waals surface area contributed by atoms with Gasteiger partial charge in [0.25, 0.3) is 0 Å². The number of nitrogens with zero attached hydrogens (tertiary/aromatic N) is 1. The summed E-state index contributed by atoms with van der Waals surface area (Å²) < 4.78 is 18.5. The molecule has 0 aromatic rings. The zero-order valence-electron chi connectivity index (χ0n) is 22.3. The first-order valence-corrected chi connectivity index (χ1v) is 16.0. The van der Waals surface area contributed by atoms with Crippen LogP contribution in [0.3, 0.4) is 0 Å². The van der Waals surface area contributed by atoms with Gasteiger partial charge in [-0.15, -0.1) is 6.58 Å². The number of carbonyl (C=O) groups is 1. The van der Waals surface area contributed by atoms with Crippen molar-refractivity contribution in [2.75, 3.05) is 20.0 Å². The van der Waals surface area contributed by atoms with Crippen molar-refractivity contribution in [2.24, 2.45) is 11.8 Å². The van der Waals surface area contributed by atoms with E-state index in [1.54, 1.807) is 26.0 Å². The molecule has 0 bridgehead atoms. The summed E-state index contributed by atoms with van der Waals surface area (Å²) in [5.74, 6) is 1.23. The summed E-state index contributed by atoms with van der Waals surface area (Å²) in [6.07, 6.45) is 4.19. The van der Waals surface area contributed by atoms with E-state index in [4.69, 9.17) is 26.1 Å². The molecule has 1 fully saturated rings. The fraction of sp³-hybridized carbons (Fsp3) is 0.760. The topological polar surface area (TPSA) is 48.0 Å². The van der Waals surface area contributed by atoms with Gasteiger partial charge in [-0.2, -0.15) is 0 Å². The standard InChI is InChI=1S/C25H45NO4S2Si/c1-12-13-20(23(28-8)29-9)18(4)14-19(30-33(10,11)25(5,6)7)15-22(27)26-21(17(2)3)16-32-24(26)31/h12,14,17,19-21,23H,1,13,15-16H2,2-11H3/b18-14+/t19-,20+,21+/m0/s1. The number of amides is 1. The molecule has 0 spiro atoms. The van der Waals surface area contributed by atoms with Crippen molar-refractivity contribution in [1.29, 1.82) is 0 Å². The maximum atomic E-state index is 13.5. The summed E-state index contributed by atoms with van der Waals surface area (Å²) in [6, 6.07) is 0.133. The summed E-state index contributed by atoms with van der Waals surface area (Å²) in [5.41, 5.74) is 1.07. The molecule has 1 amide bonds. The first-order chi connectivity index (χ1) is 15.2. The van der Waals surface area contributed by atoms with Crippen LogP contribution >= 0.6 is 24.0 Å². The highest BCUT2D eigenvalue weighted by Gasteiger charge is 2.41. The molecule has 1 heterocycles. The van der Waals surface area contributed by atoms with Gasteiger partial charge in [-0.05, 0) is 37.4 Å². The number of ether oxygens (including phenoxy) is 2. The maximum absolute atomic E-state index is 13.5. The van der Waals surface area contributed by atoms with Gasteiger partial charge in [0, 0.05) is 31.9 Å². The Hall–Kier alpha value is -0.513. The Morgan fingerprint density at radius 1 is 1.30 bits per heavy atom. The average Bonchev–Trinajstić information content (AvgIpc) is 3.08. The van der Waals surface area contributed by atoms with Crippen LogP contribution in [0.5, 0.6) is 0 Å². The minimum Gasteiger partial charge on any atom is -0.410 e. The first-order valence-electron chi connectivity index (χ1n) is 11.7. The van der Waals surface area contributed by atoms with Gasteiger partial charge in [-0.1, -0.05) is 76.3 Å². The summed E-state index contributed by atoms with van der Waals surface area (Å²) in [5, 5.41) is 0.0252. The third-order valence-electron chi connectivity index (χ3n) is 6.82. The number of thioether (sulfide) groups is 1. The predicted molar refractivity (Wildman–Crippen MR) is 147 cm³/mol. The number of allylic oxidation sites excluding steroid dienone is 1. The summed E-state index contributed by atoms with van der Waals surface area (Å²) >= 11 is 7.14. The molecule has 33 heavy (non-hydrogen) atoms. The number of carbonyl (C=O) groups excluding carboxylic acids is 1. The highest BCUT2D eigenvalue weighted by Crippen LogP contribution is 2.39. The Bertz CT molecular complexity index is 714. The Labute approximate surface area is 212 Å². The van der Waals surface area contributed by atoms with Crippen LogP contribution in [0.2, 0.25) is 18.1 Å². The molecule has 0 aliphatic carbocycles. The van der Waals surface area contributed by atoms with E-state index >= 15 is 0 Å². The van der Waals surface area contributed by atoms with E-state index in [-0.39, 0.29) is 35.4 Å². The number of thiocarbonyl (C=S) groups is 1. The van der Waals surface area contributed by atoms with E-state index in [2.05, 4.69) is 67.3 Å². The Morgan fingerprint density at radius 3 is 2.33 bits per heavy atom. The quantitative estimate of drug-likeness (QED) is 0.130. The molecule has 0 N–H and O–H groups in total. The molecule has 190 valence electrons. The van der Waals surface area contributed by atoms with Crippen LogP contribution in [0.1, 0.15) is 54.4 Å². The Morgan fingerprint density at radius 2 is 1.88 bits per heavy atom. The molecule has 1 aliphatic rings. The molecule has 0 saturated carbocycles. The van der Waals surface area contributed by atoms with Gasteiger partial charge in [0.05, 0.1) is 12.5 Å². The molecule has 1 aliphatic heterocycles. The van der Waals surface area contributed by atoms with Gasteiger partial charge in [-0.3, -0.25) is 9.69 Å². The van der Waals surface area contributed by atoms with Crippen molar-refractivity contribution in [3.63, 3.8) is 0 Å². The van der Waals surface area contributed by atoms with Crippen molar-refractivity contribution < 1.29 is 18.7 Å². The van der Waals surface area contributed by atoms with Crippen molar-refractivity contribution >= 4 is 42.5 Å². The van der Waals surface area contributed by atoms with Gasteiger partial charge >= 0.3 is 0 Å². The molecule has 0 unspecified atom stereocenters. The Balaban J connectivity index is 3.30. The van der Waals surface area contributed by atoms with E-state index in [0.717, 1.165) is 11.3 Å². The molecule has 1 saturated heterocycles. The van der Waals surface area contributed by atoms with Gasteiger partial charge in [-0.25, -0.2) is 0 Å². The molecule has 3 atom stereocenters. The second-order valence-electron chi connectivity index (χ2n) is 10.7. The van der Waals surface area contributed by atoms with Gasteiger partial charge in [0.2, 0.25) is 5.91 Å². The monoisotopic (exact) mass is 515 g/mol. The minimum absolute atomic E-state index is 0.00931. The first kappa shape index (κ1) is 30.5. The van der Waals surface area contributed by atoms with Gasteiger partial charge in [0.1, 0.15) is 4.32 Å². The molecule has 0 aromatic carbocycles. The van der Waals surface area contributed by atoms with Crippen LogP contribution in [0.25, 0.3) is 0 Å².